The van der Waals surface area contributed by atoms with Gasteiger partial charge in [0.05, 0.1) is 5.52 Å². The Hall–Kier alpha value is -1.09. The van der Waals surface area contributed by atoms with Gasteiger partial charge in [-0.15, -0.1) is 0 Å². The van der Waals surface area contributed by atoms with Crippen LogP contribution >= 0.6 is 11.6 Å². The summed E-state index contributed by atoms with van der Waals surface area (Å²) in [6, 6.07) is 3.69. The minimum atomic E-state index is 0.495. The van der Waals surface area contributed by atoms with E-state index in [1.807, 2.05) is 6.07 Å². The van der Waals surface area contributed by atoms with Crippen LogP contribution in [0.25, 0.3) is 11.2 Å². The quantitative estimate of drug-likeness (QED) is 0.638. The van der Waals surface area contributed by atoms with E-state index in [1.165, 1.54) is 19.3 Å². The monoisotopic (exact) mass is 223 g/mol. The number of nitrogens with one attached hydrogen (secondary N) is 1. The molecule has 0 radical (unpaired) electrons. The Labute approximate surface area is 93.9 Å². The zero-order chi connectivity index (χ0) is 10.7. The normalized spacial score (nSPS) is 11.1. The summed E-state index contributed by atoms with van der Waals surface area (Å²) in [5, 5.41) is 0.495. The van der Waals surface area contributed by atoms with Crippen molar-refractivity contribution in [1.82, 2.24) is 15.0 Å². The summed E-state index contributed by atoms with van der Waals surface area (Å²) < 4.78 is 0. The molecule has 0 spiro atoms. The molecule has 0 amide bonds. The first kappa shape index (κ1) is 10.4. The Balaban J connectivity index is 2.16. The first-order valence-corrected chi connectivity index (χ1v) is 5.68. The molecule has 80 valence electrons. The highest BCUT2D eigenvalue weighted by Crippen LogP contribution is 2.14. The third-order valence-corrected chi connectivity index (χ3v) is 2.59. The van der Waals surface area contributed by atoms with Crippen molar-refractivity contribution in [1.29, 1.82) is 0 Å². The van der Waals surface area contributed by atoms with Crippen molar-refractivity contribution < 1.29 is 0 Å². The van der Waals surface area contributed by atoms with E-state index in [2.05, 4.69) is 21.9 Å². The molecule has 0 bridgehead atoms. The highest BCUT2D eigenvalue weighted by atomic mass is 35.5. The van der Waals surface area contributed by atoms with Gasteiger partial charge in [-0.3, -0.25) is 0 Å². The van der Waals surface area contributed by atoms with Crippen LogP contribution in [0.4, 0.5) is 0 Å². The van der Waals surface area contributed by atoms with Crippen molar-refractivity contribution in [3.8, 4) is 0 Å². The third kappa shape index (κ3) is 2.48. The van der Waals surface area contributed by atoms with Crippen molar-refractivity contribution in [2.75, 3.05) is 0 Å². The molecule has 0 aliphatic heterocycles. The molecule has 2 aromatic heterocycles. The maximum Gasteiger partial charge on any atom is 0.179 e. The molecular weight excluding hydrogens is 210 g/mol. The van der Waals surface area contributed by atoms with E-state index in [-0.39, 0.29) is 0 Å². The Bertz CT molecular complexity index is 450. The fourth-order valence-electron chi connectivity index (χ4n) is 1.58. The molecule has 2 rings (SSSR count). The van der Waals surface area contributed by atoms with E-state index in [0.29, 0.717) is 10.8 Å². The molecule has 0 saturated carbocycles. The van der Waals surface area contributed by atoms with Crippen molar-refractivity contribution in [3.05, 3.63) is 23.1 Å². The van der Waals surface area contributed by atoms with Gasteiger partial charge in [-0.25, -0.2) is 9.97 Å². The molecule has 0 aliphatic rings. The fraction of sp³-hybridized carbons (Fsp3) is 0.455. The number of halogens is 1. The lowest BCUT2D eigenvalue weighted by atomic mass is 10.2. The standard InChI is InChI=1S/C11H14ClN3/c1-2-3-4-5-10-13-8-6-7-9(12)14-11(8)15-10/h6-7H,2-5H2,1H3,(H,13,14,15). The number of rotatable bonds is 4. The number of imidazole rings is 1. The van der Waals surface area contributed by atoms with Crippen LogP contribution in [0.3, 0.4) is 0 Å². The van der Waals surface area contributed by atoms with Crippen LogP contribution in [0.15, 0.2) is 12.1 Å². The molecule has 0 unspecified atom stereocenters. The minimum Gasteiger partial charge on any atom is -0.341 e. The maximum absolute atomic E-state index is 5.79. The largest absolute Gasteiger partial charge is 0.341 e. The summed E-state index contributed by atoms with van der Waals surface area (Å²) in [6.07, 6.45) is 4.63. The summed E-state index contributed by atoms with van der Waals surface area (Å²) in [7, 11) is 0. The molecule has 4 heteroatoms. The molecule has 0 fully saturated rings. The van der Waals surface area contributed by atoms with Gasteiger partial charge in [0.2, 0.25) is 0 Å². The van der Waals surface area contributed by atoms with E-state index < -0.39 is 0 Å². The highest BCUT2D eigenvalue weighted by Gasteiger charge is 2.03. The van der Waals surface area contributed by atoms with Crippen LogP contribution in [0.5, 0.6) is 0 Å². The molecule has 2 heterocycles. The predicted molar refractivity (Wildman–Crippen MR) is 62.1 cm³/mol. The van der Waals surface area contributed by atoms with Crippen molar-refractivity contribution in [2.24, 2.45) is 0 Å². The van der Waals surface area contributed by atoms with Gasteiger partial charge in [-0.1, -0.05) is 31.4 Å². The Morgan fingerprint density at radius 2 is 2.13 bits per heavy atom. The molecular formula is C11H14ClN3. The zero-order valence-electron chi connectivity index (χ0n) is 8.76. The lowest BCUT2D eigenvalue weighted by Crippen LogP contribution is -1.87. The average Bonchev–Trinajstić information content (AvgIpc) is 2.60. The lowest BCUT2D eigenvalue weighted by molar-refractivity contribution is 0.700. The van der Waals surface area contributed by atoms with Crippen LogP contribution in [0.2, 0.25) is 5.15 Å². The van der Waals surface area contributed by atoms with Gasteiger partial charge in [0.25, 0.3) is 0 Å². The number of hydrogen-bond donors (Lipinski definition) is 1. The fourth-order valence-corrected chi connectivity index (χ4v) is 1.72. The number of aryl methyl sites for hydroxylation is 1. The number of aromatic nitrogens is 3. The second-order valence-electron chi connectivity index (χ2n) is 3.65. The first-order valence-electron chi connectivity index (χ1n) is 5.30. The number of aromatic amines is 1. The SMILES string of the molecule is CCCCCc1nc2nc(Cl)ccc2[nH]1. The van der Waals surface area contributed by atoms with Crippen molar-refractivity contribution in [3.63, 3.8) is 0 Å². The second-order valence-corrected chi connectivity index (χ2v) is 4.03. The molecule has 2 aromatic rings. The smallest absolute Gasteiger partial charge is 0.179 e. The number of hydrogen-bond acceptors (Lipinski definition) is 2. The van der Waals surface area contributed by atoms with Gasteiger partial charge in [0.1, 0.15) is 11.0 Å². The zero-order valence-corrected chi connectivity index (χ0v) is 9.51. The Morgan fingerprint density at radius 3 is 2.93 bits per heavy atom. The topological polar surface area (TPSA) is 41.6 Å². The predicted octanol–water partition coefficient (Wildman–Crippen LogP) is 3.34. The first-order chi connectivity index (χ1) is 7.29. The van der Waals surface area contributed by atoms with Crippen LogP contribution in [0, 0.1) is 0 Å². The summed E-state index contributed by atoms with van der Waals surface area (Å²) in [5.41, 5.74) is 1.68. The average molecular weight is 224 g/mol. The van der Waals surface area contributed by atoms with E-state index in [4.69, 9.17) is 11.6 Å². The molecule has 3 nitrogen and oxygen atoms in total. The number of unbranched alkanes of at least 4 members (excludes halogenated alkanes) is 2. The number of H-pyrrole nitrogens is 1. The van der Waals surface area contributed by atoms with Gasteiger partial charge < -0.3 is 4.98 Å². The summed E-state index contributed by atoms with van der Waals surface area (Å²) in [6.45, 7) is 2.19. The van der Waals surface area contributed by atoms with Crippen LogP contribution < -0.4 is 0 Å². The molecule has 0 aromatic carbocycles. The van der Waals surface area contributed by atoms with Gasteiger partial charge >= 0.3 is 0 Å². The summed E-state index contributed by atoms with van der Waals surface area (Å²) in [5.74, 6) is 1.01. The van der Waals surface area contributed by atoms with Crippen LogP contribution in [-0.4, -0.2) is 15.0 Å². The van der Waals surface area contributed by atoms with E-state index >= 15 is 0 Å². The molecule has 1 N–H and O–H groups in total. The Kier molecular flexibility index (Phi) is 3.21. The van der Waals surface area contributed by atoms with Gasteiger partial charge in [-0.2, -0.15) is 0 Å². The molecule has 0 saturated heterocycles. The highest BCUT2D eigenvalue weighted by molar-refractivity contribution is 6.29. The van der Waals surface area contributed by atoms with Gasteiger partial charge in [0, 0.05) is 6.42 Å². The van der Waals surface area contributed by atoms with E-state index in [1.54, 1.807) is 6.07 Å². The molecule has 15 heavy (non-hydrogen) atoms. The van der Waals surface area contributed by atoms with E-state index in [9.17, 15) is 0 Å². The number of nitrogens with zero attached hydrogens (tertiary/aromatic N) is 2. The summed E-state index contributed by atoms with van der Waals surface area (Å²) >= 11 is 5.79. The summed E-state index contributed by atoms with van der Waals surface area (Å²) in [4.78, 5) is 11.8. The lowest BCUT2D eigenvalue weighted by Gasteiger charge is -1.93. The van der Waals surface area contributed by atoms with Gasteiger partial charge in [-0.05, 0) is 18.6 Å². The molecule has 0 aliphatic carbocycles. The van der Waals surface area contributed by atoms with Crippen molar-refractivity contribution >= 4 is 22.8 Å². The molecule has 0 atom stereocenters. The van der Waals surface area contributed by atoms with Crippen molar-refractivity contribution in [2.45, 2.75) is 32.6 Å². The number of fused-ring (bicyclic) bond motifs is 1. The third-order valence-electron chi connectivity index (χ3n) is 2.38. The Morgan fingerprint density at radius 1 is 1.27 bits per heavy atom. The van der Waals surface area contributed by atoms with Crippen LogP contribution in [0.1, 0.15) is 32.0 Å². The maximum atomic E-state index is 5.79. The van der Waals surface area contributed by atoms with Gasteiger partial charge in [0.15, 0.2) is 5.65 Å². The van der Waals surface area contributed by atoms with E-state index in [0.717, 1.165) is 17.8 Å². The second kappa shape index (κ2) is 4.62. The number of pyridine rings is 1. The van der Waals surface area contributed by atoms with Crippen LogP contribution in [-0.2, 0) is 6.42 Å². The minimum absolute atomic E-state index is 0.495.